The maximum atomic E-state index is 13.0. The van der Waals surface area contributed by atoms with Crippen molar-refractivity contribution in [1.82, 2.24) is 9.62 Å². The fraction of sp³-hybridized carbons (Fsp3) is 0.533. The molecule has 116 valence electrons. The minimum absolute atomic E-state index is 0.0958. The first-order chi connectivity index (χ1) is 9.75. The van der Waals surface area contributed by atoms with Crippen molar-refractivity contribution < 1.29 is 13.2 Å². The van der Waals surface area contributed by atoms with Crippen LogP contribution < -0.4 is 5.32 Å². The van der Waals surface area contributed by atoms with Crippen LogP contribution in [0.15, 0.2) is 11.0 Å². The van der Waals surface area contributed by atoms with Gasteiger partial charge in [0.2, 0.25) is 15.9 Å². The molecule has 1 amide bonds. The van der Waals surface area contributed by atoms with Gasteiger partial charge in [0.1, 0.15) is 0 Å². The van der Waals surface area contributed by atoms with Crippen LogP contribution in [0, 0.1) is 27.7 Å². The lowest BCUT2D eigenvalue weighted by atomic mass is 10.0. The number of carbonyl (C=O) groups is 1. The monoisotopic (exact) mass is 310 g/mol. The van der Waals surface area contributed by atoms with E-state index in [1.54, 1.807) is 0 Å². The van der Waals surface area contributed by atoms with Crippen LogP contribution >= 0.6 is 0 Å². The molecule has 1 aliphatic heterocycles. The topological polar surface area (TPSA) is 66.5 Å². The Morgan fingerprint density at radius 2 is 1.62 bits per heavy atom. The van der Waals surface area contributed by atoms with Gasteiger partial charge in [0.15, 0.2) is 0 Å². The van der Waals surface area contributed by atoms with Crippen LogP contribution in [0.3, 0.4) is 0 Å². The smallest absolute Gasteiger partial charge is 0.243 e. The molecule has 21 heavy (non-hydrogen) atoms. The number of rotatable bonds is 2. The highest BCUT2D eigenvalue weighted by molar-refractivity contribution is 7.89. The number of aryl methyl sites for hydroxylation is 2. The number of hydrogen-bond acceptors (Lipinski definition) is 3. The Kier molecular flexibility index (Phi) is 4.39. The van der Waals surface area contributed by atoms with Crippen molar-refractivity contribution in [2.45, 2.75) is 39.0 Å². The molecule has 2 rings (SSSR count). The van der Waals surface area contributed by atoms with Crippen LogP contribution in [-0.2, 0) is 14.8 Å². The molecule has 0 atom stereocenters. The van der Waals surface area contributed by atoms with Gasteiger partial charge in [-0.3, -0.25) is 4.79 Å². The molecule has 1 heterocycles. The molecule has 0 spiro atoms. The molecule has 5 nitrogen and oxygen atoms in total. The van der Waals surface area contributed by atoms with Gasteiger partial charge in [-0.25, -0.2) is 8.42 Å². The van der Waals surface area contributed by atoms with Gasteiger partial charge in [-0.2, -0.15) is 4.31 Å². The van der Waals surface area contributed by atoms with Crippen LogP contribution in [0.5, 0.6) is 0 Å². The summed E-state index contributed by atoms with van der Waals surface area (Å²) in [5, 5.41) is 2.70. The largest absolute Gasteiger partial charge is 0.355 e. The van der Waals surface area contributed by atoms with E-state index in [2.05, 4.69) is 5.32 Å². The first kappa shape index (κ1) is 16.0. The van der Waals surface area contributed by atoms with E-state index in [0.29, 0.717) is 18.0 Å². The fourth-order valence-electron chi connectivity index (χ4n) is 2.68. The van der Waals surface area contributed by atoms with Crippen molar-refractivity contribution in [3.8, 4) is 0 Å². The number of carbonyl (C=O) groups excluding carboxylic acids is 1. The van der Waals surface area contributed by atoms with E-state index in [1.165, 1.54) is 4.31 Å². The summed E-state index contributed by atoms with van der Waals surface area (Å²) in [4.78, 5) is 11.8. The number of amides is 1. The summed E-state index contributed by atoms with van der Waals surface area (Å²) in [6, 6.07) is 2.01. The highest BCUT2D eigenvalue weighted by Crippen LogP contribution is 2.28. The van der Waals surface area contributed by atoms with Crippen LogP contribution in [0.25, 0.3) is 0 Å². The molecule has 0 bridgehead atoms. The van der Waals surface area contributed by atoms with Gasteiger partial charge >= 0.3 is 0 Å². The van der Waals surface area contributed by atoms with E-state index in [4.69, 9.17) is 0 Å². The second-order valence-corrected chi connectivity index (χ2v) is 7.47. The molecule has 0 aromatic heterocycles. The second kappa shape index (κ2) is 5.77. The molecule has 0 radical (unpaired) electrons. The molecule has 0 aliphatic carbocycles. The zero-order valence-electron chi connectivity index (χ0n) is 13.0. The number of benzene rings is 1. The van der Waals surface area contributed by atoms with Gasteiger partial charge in [-0.1, -0.05) is 6.07 Å². The Balaban J connectivity index is 2.52. The van der Waals surface area contributed by atoms with E-state index in [0.717, 1.165) is 22.3 Å². The molecular weight excluding hydrogens is 288 g/mol. The van der Waals surface area contributed by atoms with E-state index in [-0.39, 0.29) is 18.9 Å². The van der Waals surface area contributed by atoms with Crippen LogP contribution in [0.4, 0.5) is 0 Å². The minimum Gasteiger partial charge on any atom is -0.355 e. The van der Waals surface area contributed by atoms with E-state index in [1.807, 2.05) is 33.8 Å². The molecule has 1 aliphatic rings. The Labute approximate surface area is 126 Å². The summed E-state index contributed by atoms with van der Waals surface area (Å²) in [6.45, 7) is 8.45. The summed E-state index contributed by atoms with van der Waals surface area (Å²) in [7, 11) is -3.57. The molecule has 1 saturated heterocycles. The lowest BCUT2D eigenvalue weighted by Gasteiger charge is -2.23. The first-order valence-electron chi connectivity index (χ1n) is 7.09. The molecule has 1 aromatic rings. The molecule has 6 heteroatoms. The Morgan fingerprint density at radius 1 is 1.05 bits per heavy atom. The van der Waals surface area contributed by atoms with Gasteiger partial charge in [-0.05, 0) is 49.9 Å². The normalized spacial score (nSPS) is 17.4. The van der Waals surface area contributed by atoms with Crippen molar-refractivity contribution in [3.05, 3.63) is 28.3 Å². The lowest BCUT2D eigenvalue weighted by Crippen LogP contribution is -2.35. The van der Waals surface area contributed by atoms with E-state index < -0.39 is 10.0 Å². The number of hydrogen-bond donors (Lipinski definition) is 1. The average molecular weight is 310 g/mol. The summed E-state index contributed by atoms with van der Waals surface area (Å²) < 4.78 is 27.4. The molecular formula is C15H22N2O3S. The Hall–Kier alpha value is -1.40. The van der Waals surface area contributed by atoms with Gasteiger partial charge in [0.05, 0.1) is 4.90 Å². The predicted octanol–water partition coefficient (Wildman–Crippen LogP) is 1.43. The van der Waals surface area contributed by atoms with Crippen molar-refractivity contribution in [2.75, 3.05) is 19.6 Å². The van der Waals surface area contributed by atoms with Gasteiger partial charge in [-0.15, -0.1) is 0 Å². The van der Waals surface area contributed by atoms with Gasteiger partial charge in [0.25, 0.3) is 0 Å². The number of nitrogens with zero attached hydrogens (tertiary/aromatic N) is 1. The van der Waals surface area contributed by atoms with Crippen LogP contribution in [-0.4, -0.2) is 38.3 Å². The molecule has 1 aromatic carbocycles. The van der Waals surface area contributed by atoms with E-state index in [9.17, 15) is 13.2 Å². The summed E-state index contributed by atoms with van der Waals surface area (Å²) >= 11 is 0. The Bertz CT molecular complexity index is 654. The summed E-state index contributed by atoms with van der Waals surface area (Å²) in [5.74, 6) is -0.0958. The standard InChI is InChI=1S/C15H22N2O3S/c1-10-9-11(2)13(4)15(12(10)3)21(19,20)17-7-5-14(18)16-6-8-17/h9H,5-8H2,1-4H3,(H,16,18). The van der Waals surface area contributed by atoms with Gasteiger partial charge in [0, 0.05) is 26.1 Å². The molecule has 0 saturated carbocycles. The highest BCUT2D eigenvalue weighted by Gasteiger charge is 2.30. The summed E-state index contributed by atoms with van der Waals surface area (Å²) in [6.07, 6.45) is 0.210. The van der Waals surface area contributed by atoms with E-state index >= 15 is 0 Å². The van der Waals surface area contributed by atoms with Crippen molar-refractivity contribution in [3.63, 3.8) is 0 Å². The third kappa shape index (κ3) is 2.96. The van der Waals surface area contributed by atoms with Gasteiger partial charge < -0.3 is 5.32 Å². The number of sulfonamides is 1. The van der Waals surface area contributed by atoms with Crippen LogP contribution in [0.2, 0.25) is 0 Å². The number of nitrogens with one attached hydrogen (secondary N) is 1. The third-order valence-electron chi connectivity index (χ3n) is 4.17. The molecule has 1 fully saturated rings. The average Bonchev–Trinajstić information content (AvgIpc) is 2.62. The minimum atomic E-state index is -3.57. The Morgan fingerprint density at radius 3 is 2.19 bits per heavy atom. The van der Waals surface area contributed by atoms with Crippen molar-refractivity contribution in [2.24, 2.45) is 0 Å². The lowest BCUT2D eigenvalue weighted by molar-refractivity contribution is -0.120. The maximum Gasteiger partial charge on any atom is 0.243 e. The predicted molar refractivity (Wildman–Crippen MR) is 81.8 cm³/mol. The molecule has 1 N–H and O–H groups in total. The zero-order chi connectivity index (χ0) is 15.8. The SMILES string of the molecule is Cc1cc(C)c(C)c(S(=O)(=O)N2CCNC(=O)CC2)c1C. The second-order valence-electron chi connectivity index (χ2n) is 5.59. The first-order valence-corrected chi connectivity index (χ1v) is 8.53. The van der Waals surface area contributed by atoms with Crippen molar-refractivity contribution >= 4 is 15.9 Å². The van der Waals surface area contributed by atoms with Crippen molar-refractivity contribution in [1.29, 1.82) is 0 Å². The van der Waals surface area contributed by atoms with Crippen LogP contribution in [0.1, 0.15) is 28.7 Å². The summed E-state index contributed by atoms with van der Waals surface area (Å²) in [5.41, 5.74) is 3.53. The fourth-order valence-corrected chi connectivity index (χ4v) is 4.70. The highest BCUT2D eigenvalue weighted by atomic mass is 32.2. The maximum absolute atomic E-state index is 13.0. The zero-order valence-corrected chi connectivity index (χ0v) is 13.8. The quantitative estimate of drug-likeness (QED) is 0.898. The third-order valence-corrected chi connectivity index (χ3v) is 6.34. The molecule has 0 unspecified atom stereocenters.